The molecule has 1 rings (SSSR count). The number of methoxy groups -OCH3 is 1. The molecular weight excluding hydrogens is 218 g/mol. The largest absolute Gasteiger partial charge is 0.494 e. The standard InChI is InChI=1S/C9H8BrNO/c1-6-3-4-7(5-11)9(12-2)8(6)10/h3-4H,1-2H3. The van der Waals surface area contributed by atoms with Crippen LogP contribution in [0, 0.1) is 18.3 Å². The van der Waals surface area contributed by atoms with E-state index in [1.54, 1.807) is 13.2 Å². The highest BCUT2D eigenvalue weighted by molar-refractivity contribution is 9.10. The maximum Gasteiger partial charge on any atom is 0.151 e. The van der Waals surface area contributed by atoms with Crippen LogP contribution in [0.1, 0.15) is 11.1 Å². The third kappa shape index (κ3) is 1.44. The van der Waals surface area contributed by atoms with Gasteiger partial charge in [0.25, 0.3) is 0 Å². The summed E-state index contributed by atoms with van der Waals surface area (Å²) in [5.41, 5.74) is 1.61. The molecule has 0 aliphatic rings. The van der Waals surface area contributed by atoms with Crippen molar-refractivity contribution in [2.75, 3.05) is 7.11 Å². The minimum atomic E-state index is 0.551. The van der Waals surface area contributed by atoms with Gasteiger partial charge in [0.05, 0.1) is 17.1 Å². The van der Waals surface area contributed by atoms with Crippen LogP contribution < -0.4 is 4.74 Å². The molecule has 0 heterocycles. The summed E-state index contributed by atoms with van der Waals surface area (Å²) >= 11 is 3.36. The molecule has 0 saturated heterocycles. The normalized spacial score (nSPS) is 9.17. The number of hydrogen-bond donors (Lipinski definition) is 0. The minimum absolute atomic E-state index is 0.551. The number of nitrogens with zero attached hydrogens (tertiary/aromatic N) is 1. The molecule has 1 aromatic carbocycles. The first kappa shape index (κ1) is 9.08. The molecule has 1 aromatic rings. The number of ether oxygens (including phenoxy) is 1. The SMILES string of the molecule is COc1c(C#N)ccc(C)c1Br. The van der Waals surface area contributed by atoms with Crippen molar-refractivity contribution in [2.24, 2.45) is 0 Å². The molecule has 2 nitrogen and oxygen atoms in total. The first-order chi connectivity index (χ1) is 5.70. The highest BCUT2D eigenvalue weighted by atomic mass is 79.9. The van der Waals surface area contributed by atoms with Gasteiger partial charge >= 0.3 is 0 Å². The molecule has 0 amide bonds. The Balaban J connectivity index is 3.38. The fourth-order valence-corrected chi connectivity index (χ4v) is 1.45. The summed E-state index contributed by atoms with van der Waals surface area (Å²) in [6.45, 7) is 1.95. The van der Waals surface area contributed by atoms with E-state index >= 15 is 0 Å². The zero-order valence-corrected chi connectivity index (χ0v) is 8.47. The minimum Gasteiger partial charge on any atom is -0.494 e. The van der Waals surface area contributed by atoms with Crippen LogP contribution in [0.25, 0.3) is 0 Å². The molecule has 0 atom stereocenters. The van der Waals surface area contributed by atoms with E-state index in [0.29, 0.717) is 11.3 Å². The fraction of sp³-hybridized carbons (Fsp3) is 0.222. The summed E-state index contributed by atoms with van der Waals surface area (Å²) in [7, 11) is 1.56. The lowest BCUT2D eigenvalue weighted by Gasteiger charge is -2.06. The Hall–Kier alpha value is -1.01. The molecular formula is C9H8BrNO. The molecule has 0 spiro atoms. The number of benzene rings is 1. The zero-order valence-electron chi connectivity index (χ0n) is 6.89. The Morgan fingerprint density at radius 3 is 2.67 bits per heavy atom. The summed E-state index contributed by atoms with van der Waals surface area (Å²) < 4.78 is 5.93. The smallest absolute Gasteiger partial charge is 0.151 e. The van der Waals surface area contributed by atoms with Gasteiger partial charge in [-0.05, 0) is 34.5 Å². The Labute approximate surface area is 79.9 Å². The predicted octanol–water partition coefficient (Wildman–Crippen LogP) is 2.64. The highest BCUT2D eigenvalue weighted by Crippen LogP contribution is 2.31. The molecule has 0 unspecified atom stereocenters. The Kier molecular flexibility index (Phi) is 2.72. The van der Waals surface area contributed by atoms with E-state index in [9.17, 15) is 0 Å². The Bertz CT molecular complexity index is 341. The van der Waals surface area contributed by atoms with Gasteiger partial charge in [-0.2, -0.15) is 5.26 Å². The lowest BCUT2D eigenvalue weighted by molar-refractivity contribution is 0.410. The van der Waals surface area contributed by atoms with E-state index in [2.05, 4.69) is 22.0 Å². The predicted molar refractivity (Wildman–Crippen MR) is 50.1 cm³/mol. The van der Waals surface area contributed by atoms with Crippen LogP contribution >= 0.6 is 15.9 Å². The first-order valence-electron chi connectivity index (χ1n) is 3.44. The number of hydrogen-bond acceptors (Lipinski definition) is 2. The summed E-state index contributed by atoms with van der Waals surface area (Å²) in [6.07, 6.45) is 0. The monoisotopic (exact) mass is 225 g/mol. The van der Waals surface area contributed by atoms with Crippen molar-refractivity contribution in [3.05, 3.63) is 27.7 Å². The van der Waals surface area contributed by atoms with Crippen molar-refractivity contribution in [1.29, 1.82) is 5.26 Å². The van der Waals surface area contributed by atoms with Gasteiger partial charge in [-0.3, -0.25) is 0 Å². The van der Waals surface area contributed by atoms with E-state index in [1.807, 2.05) is 13.0 Å². The van der Waals surface area contributed by atoms with E-state index in [-0.39, 0.29) is 0 Å². The molecule has 0 N–H and O–H groups in total. The van der Waals surface area contributed by atoms with Crippen LogP contribution in [0.3, 0.4) is 0 Å². The van der Waals surface area contributed by atoms with E-state index in [0.717, 1.165) is 10.0 Å². The number of nitriles is 1. The van der Waals surface area contributed by atoms with E-state index in [4.69, 9.17) is 10.00 Å². The molecule has 0 radical (unpaired) electrons. The molecule has 0 aliphatic carbocycles. The number of halogens is 1. The second kappa shape index (κ2) is 3.59. The quantitative estimate of drug-likeness (QED) is 0.737. The van der Waals surface area contributed by atoms with Crippen LogP contribution in [-0.4, -0.2) is 7.11 Å². The average molecular weight is 226 g/mol. The maximum absolute atomic E-state index is 8.71. The van der Waals surface area contributed by atoms with Gasteiger partial charge in [-0.1, -0.05) is 6.07 Å². The second-order valence-corrected chi connectivity index (χ2v) is 3.18. The van der Waals surface area contributed by atoms with Crippen molar-refractivity contribution in [2.45, 2.75) is 6.92 Å². The van der Waals surface area contributed by atoms with Crippen molar-refractivity contribution >= 4 is 15.9 Å². The van der Waals surface area contributed by atoms with E-state index in [1.165, 1.54) is 0 Å². The average Bonchev–Trinajstić information content (AvgIpc) is 2.09. The topological polar surface area (TPSA) is 33.0 Å². The van der Waals surface area contributed by atoms with Crippen molar-refractivity contribution in [3.63, 3.8) is 0 Å². The Morgan fingerprint density at radius 1 is 1.50 bits per heavy atom. The molecule has 0 fully saturated rings. The number of rotatable bonds is 1. The lowest BCUT2D eigenvalue weighted by Crippen LogP contribution is -1.90. The van der Waals surface area contributed by atoms with Crippen molar-refractivity contribution in [3.8, 4) is 11.8 Å². The first-order valence-corrected chi connectivity index (χ1v) is 4.23. The summed E-state index contributed by atoms with van der Waals surface area (Å²) in [5, 5.41) is 8.71. The number of aryl methyl sites for hydroxylation is 1. The molecule has 3 heteroatoms. The van der Waals surface area contributed by atoms with Gasteiger partial charge in [0.1, 0.15) is 6.07 Å². The van der Waals surface area contributed by atoms with Crippen LogP contribution in [0.5, 0.6) is 5.75 Å². The lowest BCUT2D eigenvalue weighted by atomic mass is 10.1. The third-order valence-electron chi connectivity index (χ3n) is 1.61. The maximum atomic E-state index is 8.71. The van der Waals surface area contributed by atoms with Gasteiger partial charge in [-0.25, -0.2) is 0 Å². The summed E-state index contributed by atoms with van der Waals surface area (Å²) in [4.78, 5) is 0. The summed E-state index contributed by atoms with van der Waals surface area (Å²) in [6, 6.07) is 5.69. The molecule has 0 aromatic heterocycles. The molecule has 62 valence electrons. The van der Waals surface area contributed by atoms with Gasteiger partial charge in [-0.15, -0.1) is 0 Å². The van der Waals surface area contributed by atoms with Crippen LogP contribution in [-0.2, 0) is 0 Å². The zero-order chi connectivity index (χ0) is 9.14. The van der Waals surface area contributed by atoms with Gasteiger partial charge in [0, 0.05) is 0 Å². The fourth-order valence-electron chi connectivity index (χ4n) is 0.942. The molecule has 0 saturated carbocycles. The van der Waals surface area contributed by atoms with E-state index < -0.39 is 0 Å². The summed E-state index contributed by atoms with van der Waals surface area (Å²) in [5.74, 6) is 0.609. The Morgan fingerprint density at radius 2 is 2.17 bits per heavy atom. The van der Waals surface area contributed by atoms with Crippen molar-refractivity contribution < 1.29 is 4.74 Å². The second-order valence-electron chi connectivity index (χ2n) is 2.39. The van der Waals surface area contributed by atoms with Gasteiger partial charge in [0.2, 0.25) is 0 Å². The van der Waals surface area contributed by atoms with Crippen molar-refractivity contribution in [1.82, 2.24) is 0 Å². The van der Waals surface area contributed by atoms with Crippen LogP contribution in [0.2, 0.25) is 0 Å². The van der Waals surface area contributed by atoms with Gasteiger partial charge < -0.3 is 4.74 Å². The highest BCUT2D eigenvalue weighted by Gasteiger charge is 2.08. The van der Waals surface area contributed by atoms with Gasteiger partial charge in [0.15, 0.2) is 5.75 Å². The molecule has 0 aliphatic heterocycles. The van der Waals surface area contributed by atoms with Crippen LogP contribution in [0.15, 0.2) is 16.6 Å². The third-order valence-corrected chi connectivity index (χ3v) is 2.60. The molecule has 0 bridgehead atoms. The molecule has 12 heavy (non-hydrogen) atoms. The van der Waals surface area contributed by atoms with Crippen LogP contribution in [0.4, 0.5) is 0 Å².